The van der Waals surface area contributed by atoms with E-state index in [1.807, 2.05) is 0 Å². The van der Waals surface area contributed by atoms with Gasteiger partial charge in [0.1, 0.15) is 22.8 Å². The average Bonchev–Trinajstić information content (AvgIpc) is 2.80. The first-order chi connectivity index (χ1) is 10.1. The standard InChI is InChI=1S/C14H9ClF2N2OS/c15-8-4-5-18-11(6-8)19-12(20)7-21-14(19)13-9(16)2-1-3-10(13)17/h1-6,14H,7H2. The topological polar surface area (TPSA) is 33.2 Å². The predicted octanol–water partition coefficient (Wildman–Crippen LogP) is 3.79. The Kier molecular flexibility index (Phi) is 3.82. The van der Waals surface area contributed by atoms with Gasteiger partial charge >= 0.3 is 0 Å². The number of hydrogen-bond acceptors (Lipinski definition) is 3. The number of carbonyl (C=O) groups excluding carboxylic acids is 1. The normalized spacial score (nSPS) is 18.3. The summed E-state index contributed by atoms with van der Waals surface area (Å²) in [5.74, 6) is -1.22. The Morgan fingerprint density at radius 1 is 1.29 bits per heavy atom. The fourth-order valence-corrected chi connectivity index (χ4v) is 3.52. The van der Waals surface area contributed by atoms with Crippen molar-refractivity contribution >= 4 is 35.1 Å². The lowest BCUT2D eigenvalue weighted by molar-refractivity contribution is -0.115. The Hall–Kier alpha value is -1.66. The van der Waals surface area contributed by atoms with Crippen LogP contribution < -0.4 is 4.90 Å². The van der Waals surface area contributed by atoms with Gasteiger partial charge in [-0.2, -0.15) is 0 Å². The molecule has 2 aromatic rings. The minimum Gasteiger partial charge on any atom is -0.279 e. The minimum absolute atomic E-state index is 0.132. The van der Waals surface area contributed by atoms with E-state index < -0.39 is 17.0 Å². The molecule has 2 heterocycles. The molecule has 1 fully saturated rings. The predicted molar refractivity (Wildman–Crippen MR) is 78.3 cm³/mol. The molecule has 3 nitrogen and oxygen atoms in total. The molecule has 0 saturated carbocycles. The number of aromatic nitrogens is 1. The van der Waals surface area contributed by atoms with E-state index in [1.54, 1.807) is 6.07 Å². The molecule has 0 radical (unpaired) electrons. The van der Waals surface area contributed by atoms with Crippen LogP contribution in [0.15, 0.2) is 36.5 Å². The Labute approximate surface area is 128 Å². The summed E-state index contributed by atoms with van der Waals surface area (Å²) in [5.41, 5.74) is -0.143. The van der Waals surface area contributed by atoms with Crippen molar-refractivity contribution in [3.63, 3.8) is 0 Å². The molecule has 3 rings (SSSR count). The molecule has 1 aromatic heterocycles. The third-order valence-electron chi connectivity index (χ3n) is 3.07. The van der Waals surface area contributed by atoms with Crippen molar-refractivity contribution in [1.82, 2.24) is 4.98 Å². The van der Waals surface area contributed by atoms with Crippen molar-refractivity contribution in [2.75, 3.05) is 10.7 Å². The summed E-state index contributed by atoms with van der Waals surface area (Å²) in [5, 5.41) is -0.387. The van der Waals surface area contributed by atoms with Crippen molar-refractivity contribution in [2.24, 2.45) is 0 Å². The maximum atomic E-state index is 14.0. The molecule has 108 valence electrons. The molecule has 21 heavy (non-hydrogen) atoms. The summed E-state index contributed by atoms with van der Waals surface area (Å²) in [6.45, 7) is 0. The third-order valence-corrected chi connectivity index (χ3v) is 4.48. The number of halogens is 3. The molecule has 1 aromatic carbocycles. The first-order valence-electron chi connectivity index (χ1n) is 6.07. The molecule has 1 amide bonds. The van der Waals surface area contributed by atoms with Gasteiger partial charge in [-0.1, -0.05) is 17.7 Å². The second-order valence-electron chi connectivity index (χ2n) is 4.39. The van der Waals surface area contributed by atoms with Gasteiger partial charge in [-0.05, 0) is 24.3 Å². The van der Waals surface area contributed by atoms with Crippen LogP contribution in [0.25, 0.3) is 0 Å². The lowest BCUT2D eigenvalue weighted by Gasteiger charge is -2.24. The molecular weight excluding hydrogens is 318 g/mol. The molecule has 1 aliphatic heterocycles. The Bertz CT molecular complexity index is 693. The van der Waals surface area contributed by atoms with E-state index in [0.717, 1.165) is 11.8 Å². The van der Waals surface area contributed by atoms with Gasteiger partial charge in [0.05, 0.1) is 11.3 Å². The monoisotopic (exact) mass is 326 g/mol. The summed E-state index contributed by atoms with van der Waals surface area (Å²) in [6.07, 6.45) is 1.45. The zero-order valence-electron chi connectivity index (χ0n) is 10.6. The third kappa shape index (κ3) is 2.61. The Morgan fingerprint density at radius 3 is 2.67 bits per heavy atom. The average molecular weight is 327 g/mol. The Balaban J connectivity index is 2.08. The maximum Gasteiger partial charge on any atom is 0.239 e. The van der Waals surface area contributed by atoms with Crippen molar-refractivity contribution < 1.29 is 13.6 Å². The van der Waals surface area contributed by atoms with Crippen LogP contribution in [0.2, 0.25) is 5.02 Å². The van der Waals surface area contributed by atoms with Crippen molar-refractivity contribution in [2.45, 2.75) is 5.37 Å². The molecule has 0 N–H and O–H groups in total. The van der Waals surface area contributed by atoms with Crippen molar-refractivity contribution in [1.29, 1.82) is 0 Å². The van der Waals surface area contributed by atoms with Crippen LogP contribution in [0.4, 0.5) is 14.6 Å². The van der Waals surface area contributed by atoms with Gasteiger partial charge in [-0.25, -0.2) is 13.8 Å². The van der Waals surface area contributed by atoms with Crippen LogP contribution >= 0.6 is 23.4 Å². The molecule has 7 heteroatoms. The first kappa shape index (κ1) is 14.3. The highest BCUT2D eigenvalue weighted by molar-refractivity contribution is 8.00. The van der Waals surface area contributed by atoms with Crippen molar-refractivity contribution in [3.8, 4) is 0 Å². The highest BCUT2D eigenvalue weighted by Crippen LogP contribution is 2.43. The lowest BCUT2D eigenvalue weighted by Crippen LogP contribution is -2.29. The number of benzene rings is 1. The molecule has 1 unspecified atom stereocenters. The smallest absolute Gasteiger partial charge is 0.239 e. The molecular formula is C14H9ClF2N2OS. The number of thioether (sulfide) groups is 1. The van der Waals surface area contributed by atoms with Gasteiger partial charge in [0.15, 0.2) is 0 Å². The highest BCUT2D eigenvalue weighted by Gasteiger charge is 2.38. The molecule has 1 saturated heterocycles. The van der Waals surface area contributed by atoms with Gasteiger partial charge in [0, 0.05) is 11.2 Å². The zero-order valence-corrected chi connectivity index (χ0v) is 12.2. The number of rotatable bonds is 2. The molecule has 0 bridgehead atoms. The number of pyridine rings is 1. The minimum atomic E-state index is -0.787. The zero-order chi connectivity index (χ0) is 15.0. The largest absolute Gasteiger partial charge is 0.279 e. The second-order valence-corrected chi connectivity index (χ2v) is 5.90. The molecule has 0 spiro atoms. The van der Waals surface area contributed by atoms with Gasteiger partial charge < -0.3 is 0 Å². The van der Waals surface area contributed by atoms with Gasteiger partial charge in [0.2, 0.25) is 5.91 Å². The highest BCUT2D eigenvalue weighted by atomic mass is 35.5. The fraction of sp³-hybridized carbons (Fsp3) is 0.143. The second kappa shape index (κ2) is 5.61. The van der Waals surface area contributed by atoms with Gasteiger partial charge in [-0.15, -0.1) is 11.8 Å². The summed E-state index contributed by atoms with van der Waals surface area (Å²) < 4.78 is 27.9. The van der Waals surface area contributed by atoms with Gasteiger partial charge in [0.25, 0.3) is 0 Å². The van der Waals surface area contributed by atoms with Gasteiger partial charge in [-0.3, -0.25) is 9.69 Å². The quantitative estimate of drug-likeness (QED) is 0.841. The fourth-order valence-electron chi connectivity index (χ4n) is 2.16. The van der Waals surface area contributed by atoms with E-state index >= 15 is 0 Å². The first-order valence-corrected chi connectivity index (χ1v) is 7.49. The number of hydrogen-bond donors (Lipinski definition) is 0. The van der Waals surface area contributed by atoms with E-state index in [2.05, 4.69) is 4.98 Å². The SMILES string of the molecule is O=C1CSC(c2c(F)cccc2F)N1c1cc(Cl)ccn1. The van der Waals surface area contributed by atoms with E-state index in [4.69, 9.17) is 11.6 Å². The summed E-state index contributed by atoms with van der Waals surface area (Å²) in [6, 6.07) is 6.70. The van der Waals surface area contributed by atoms with Crippen LogP contribution in [-0.4, -0.2) is 16.6 Å². The lowest BCUT2D eigenvalue weighted by atomic mass is 10.1. The van der Waals surface area contributed by atoms with E-state index in [-0.39, 0.29) is 23.0 Å². The number of nitrogens with zero attached hydrogens (tertiary/aromatic N) is 2. The van der Waals surface area contributed by atoms with E-state index in [9.17, 15) is 13.6 Å². The number of carbonyl (C=O) groups is 1. The van der Waals surface area contributed by atoms with E-state index in [1.165, 1.54) is 35.4 Å². The van der Waals surface area contributed by atoms with E-state index in [0.29, 0.717) is 5.02 Å². The summed E-state index contributed by atoms with van der Waals surface area (Å²) in [4.78, 5) is 17.4. The van der Waals surface area contributed by atoms with Crippen LogP contribution in [0.1, 0.15) is 10.9 Å². The van der Waals surface area contributed by atoms with Crippen LogP contribution in [0.3, 0.4) is 0 Å². The maximum absolute atomic E-state index is 14.0. The summed E-state index contributed by atoms with van der Waals surface area (Å²) in [7, 11) is 0. The molecule has 1 aliphatic rings. The molecule has 0 aliphatic carbocycles. The number of amides is 1. The van der Waals surface area contributed by atoms with Crippen LogP contribution in [0, 0.1) is 11.6 Å². The van der Waals surface area contributed by atoms with Crippen LogP contribution in [0.5, 0.6) is 0 Å². The Morgan fingerprint density at radius 2 is 2.00 bits per heavy atom. The number of anilines is 1. The summed E-state index contributed by atoms with van der Waals surface area (Å²) >= 11 is 7.05. The van der Waals surface area contributed by atoms with Crippen molar-refractivity contribution in [3.05, 3.63) is 58.7 Å². The molecule has 1 atom stereocenters. The van der Waals surface area contributed by atoms with Crippen LogP contribution in [-0.2, 0) is 4.79 Å².